The number of carbonyl (C=O) groups excluding carboxylic acids is 6. The Morgan fingerprint density at radius 1 is 0.589 bits per heavy atom. The highest BCUT2D eigenvalue weighted by atomic mass is 32.1. The number of nitrogens with one attached hydrogen (secondary N) is 4. The number of fused-ring (bicyclic) bond motifs is 3. The van der Waals surface area contributed by atoms with Gasteiger partial charge >= 0.3 is 0 Å². The van der Waals surface area contributed by atoms with Crippen LogP contribution in [0.1, 0.15) is 130 Å². The number of rotatable bonds is 28. The summed E-state index contributed by atoms with van der Waals surface area (Å²) in [6.45, 7) is 22.7. The predicted molar refractivity (Wildman–Crippen MR) is 365 cm³/mol. The quantitative estimate of drug-likeness (QED) is 0.0136. The molecule has 6 heterocycles. The summed E-state index contributed by atoms with van der Waals surface area (Å²) in [5, 5.41) is 26.0. The van der Waals surface area contributed by atoms with Crippen molar-refractivity contribution in [2.24, 2.45) is 16.2 Å². The third-order valence-corrected chi connectivity index (χ3v) is 15.7. The van der Waals surface area contributed by atoms with Crippen molar-refractivity contribution in [3.05, 3.63) is 153 Å². The van der Waals surface area contributed by atoms with Crippen molar-refractivity contribution in [3.8, 4) is 17.2 Å². The van der Waals surface area contributed by atoms with Crippen molar-refractivity contribution in [1.82, 2.24) is 24.8 Å². The minimum absolute atomic E-state index is 0.00152. The Bertz CT molecular complexity index is 3880. The van der Waals surface area contributed by atoms with Crippen LogP contribution in [0, 0.1) is 16.2 Å². The van der Waals surface area contributed by atoms with E-state index in [1.165, 1.54) is 23.2 Å². The maximum absolute atomic E-state index is 12.7. The number of nitrogens with zero attached hydrogens (tertiary/aromatic N) is 3. The van der Waals surface area contributed by atoms with E-state index < -0.39 is 16.7 Å². The lowest BCUT2D eigenvalue weighted by Crippen LogP contribution is -2.36. The van der Waals surface area contributed by atoms with E-state index in [2.05, 4.69) is 30.6 Å². The summed E-state index contributed by atoms with van der Waals surface area (Å²) in [5.74, 6) is 0.258. The minimum atomic E-state index is -0.530. The van der Waals surface area contributed by atoms with Crippen LogP contribution in [0.2, 0.25) is 0 Å². The molecule has 508 valence electrons. The standard InChI is InChI=1S/C28H37N3O8.C23H27N3O5.C20H24N2O2S/c1-28(2,3)25(33)22-16-20-15-21(18-29-26(20)31-22)30-27(34)19-5-6-24(23(32)17-19)39-14-13-38-12-11-37-10-9-36-8-7-35-4;1-23(2,3)20(28)19-13-16-12-17(14-24-21(16)26-19)25-22(29)15-4-6-18(7-5-15)31-11-10-30-9-8-27;1-20(2,3)19(24)17-11-14-12-22(9-8-16(14)25-17)18(23)10-13-4-6-15(21)7-5-13/h5-6,15-18,32H,7-14H2,1-4H3,(H,29,31)(H,30,34);4-7,12-14,27H,8-11H2,1-3H3,(H,24,26)(H,25,29);4-7,11H,8-10,12,21H2,1-3H3. The van der Waals surface area contributed by atoms with Gasteiger partial charge in [-0.2, -0.15) is 0 Å². The summed E-state index contributed by atoms with van der Waals surface area (Å²) in [7, 11) is 1.62. The van der Waals surface area contributed by atoms with E-state index in [4.69, 9.17) is 44.0 Å². The number of phenols is 1. The zero-order valence-corrected chi connectivity index (χ0v) is 56.6. The molecule has 8 N–H and O–H groups in total. The molecule has 23 nitrogen and oxygen atoms in total. The molecular formula is C71H88N8O15S. The van der Waals surface area contributed by atoms with Crippen LogP contribution < -0.4 is 25.8 Å². The topological polar surface area (TPSA) is 318 Å². The molecule has 5 aromatic heterocycles. The monoisotopic (exact) mass is 1320 g/mol. The Kier molecular flexibility index (Phi) is 26.7. The van der Waals surface area contributed by atoms with Crippen LogP contribution in [0.4, 0.5) is 17.1 Å². The molecule has 0 atom stereocenters. The maximum atomic E-state index is 12.7. The first kappa shape index (κ1) is 73.5. The third-order valence-electron chi connectivity index (χ3n) is 14.5. The van der Waals surface area contributed by atoms with Crippen molar-refractivity contribution >= 4 is 85.5 Å². The summed E-state index contributed by atoms with van der Waals surface area (Å²) in [5.41, 5.74) is 10.9. The molecule has 0 unspecified atom stereocenters. The molecule has 0 bridgehead atoms. The fraction of sp³-hybridized carbons (Fsp3) is 0.408. The fourth-order valence-electron chi connectivity index (χ4n) is 9.34. The Hall–Kier alpha value is -8.88. The van der Waals surface area contributed by atoms with Gasteiger partial charge in [0.15, 0.2) is 28.8 Å². The van der Waals surface area contributed by atoms with Crippen LogP contribution in [0.5, 0.6) is 17.2 Å². The van der Waals surface area contributed by atoms with Crippen LogP contribution in [0.25, 0.3) is 22.1 Å². The number of ether oxygens (including phenoxy) is 7. The number of hydrogen-bond acceptors (Lipinski definition) is 19. The van der Waals surface area contributed by atoms with Gasteiger partial charge in [0.25, 0.3) is 11.8 Å². The van der Waals surface area contributed by atoms with E-state index >= 15 is 0 Å². The van der Waals surface area contributed by atoms with Gasteiger partial charge in [-0.25, -0.2) is 9.97 Å². The first-order valence-electron chi connectivity index (χ1n) is 31.3. The normalized spacial score (nSPS) is 12.3. The van der Waals surface area contributed by atoms with Gasteiger partial charge < -0.3 is 74.6 Å². The second-order valence-electron chi connectivity index (χ2n) is 25.4. The number of nitrogen functional groups attached to an aromatic ring is 1. The van der Waals surface area contributed by atoms with Gasteiger partial charge in [0.1, 0.15) is 30.3 Å². The number of aromatic amines is 2. The number of aromatic hydroxyl groups is 1. The van der Waals surface area contributed by atoms with Gasteiger partial charge in [0.2, 0.25) is 5.91 Å². The van der Waals surface area contributed by atoms with E-state index in [1.54, 1.807) is 79.2 Å². The van der Waals surface area contributed by atoms with Crippen molar-refractivity contribution in [1.29, 1.82) is 0 Å². The number of pyridine rings is 2. The molecule has 95 heavy (non-hydrogen) atoms. The molecule has 0 saturated carbocycles. The van der Waals surface area contributed by atoms with E-state index in [-0.39, 0.29) is 71.5 Å². The van der Waals surface area contributed by atoms with Gasteiger partial charge in [-0.1, -0.05) is 74.4 Å². The fourth-order valence-corrected chi connectivity index (χ4v) is 10.7. The lowest BCUT2D eigenvalue weighted by atomic mass is 9.89. The molecule has 0 saturated heterocycles. The average molecular weight is 1330 g/mol. The van der Waals surface area contributed by atoms with E-state index in [0.29, 0.717) is 135 Å². The molecule has 0 radical (unpaired) electrons. The Morgan fingerprint density at radius 2 is 1.08 bits per heavy atom. The van der Waals surface area contributed by atoms with Crippen molar-refractivity contribution < 1.29 is 72.1 Å². The number of aromatic nitrogens is 4. The van der Waals surface area contributed by atoms with Gasteiger partial charge in [-0.3, -0.25) is 28.8 Å². The molecule has 3 aromatic carbocycles. The summed E-state index contributed by atoms with van der Waals surface area (Å²) < 4.78 is 37.2. The SMILES string of the molecule is CC(C)(C)C(=O)c1cc2c(s1)CCN(C(=O)Cc1ccc(N)cc1)C2.CC(C)(C)C(=O)c1cc2cc(NC(=O)c3ccc(OCCOCCO)cc3)cnc2[nH]1.COCCOCCOCCOCCOc1ccc(C(=O)Nc2cnc3[nH]c(C(=O)C(C)(C)C)cc3c2)cc1O. The Labute approximate surface area is 557 Å². The molecule has 24 heteroatoms. The van der Waals surface area contributed by atoms with Gasteiger partial charge in [-0.15, -0.1) is 11.3 Å². The summed E-state index contributed by atoms with van der Waals surface area (Å²) in [6, 6.07) is 27.6. The van der Waals surface area contributed by atoms with E-state index in [0.717, 1.165) is 27.8 Å². The number of methoxy groups -OCH3 is 1. The number of aliphatic hydroxyl groups is 1. The van der Waals surface area contributed by atoms with Gasteiger partial charge in [0, 0.05) is 68.9 Å². The van der Waals surface area contributed by atoms with E-state index in [9.17, 15) is 33.9 Å². The number of amides is 3. The number of nitrogens with two attached hydrogens (primary N) is 1. The number of benzene rings is 3. The molecule has 0 spiro atoms. The van der Waals surface area contributed by atoms with Gasteiger partial charge in [-0.05, 0) is 102 Å². The molecule has 1 aliphatic heterocycles. The molecule has 3 amide bonds. The van der Waals surface area contributed by atoms with Crippen LogP contribution >= 0.6 is 11.3 Å². The first-order valence-corrected chi connectivity index (χ1v) is 32.1. The number of carbonyl (C=O) groups is 6. The maximum Gasteiger partial charge on any atom is 0.255 e. The number of aliphatic hydroxyl groups excluding tert-OH is 1. The lowest BCUT2D eigenvalue weighted by molar-refractivity contribution is -0.131. The van der Waals surface area contributed by atoms with Crippen LogP contribution in [0.3, 0.4) is 0 Å². The number of H-pyrrole nitrogens is 2. The Morgan fingerprint density at radius 3 is 1.60 bits per heavy atom. The number of anilines is 3. The number of Topliss-reactive ketones (excluding diaryl/α,β-unsaturated/α-hetero) is 3. The van der Waals surface area contributed by atoms with Gasteiger partial charge in [0.05, 0.1) is 113 Å². The predicted octanol–water partition coefficient (Wildman–Crippen LogP) is 10.9. The zero-order chi connectivity index (χ0) is 68.9. The van der Waals surface area contributed by atoms with Crippen molar-refractivity contribution in [2.75, 3.05) is 109 Å². The highest BCUT2D eigenvalue weighted by Gasteiger charge is 2.30. The summed E-state index contributed by atoms with van der Waals surface area (Å²) in [4.78, 5) is 94.0. The molecule has 1 aliphatic rings. The van der Waals surface area contributed by atoms with Crippen molar-refractivity contribution in [2.45, 2.75) is 81.7 Å². The number of ketones is 3. The lowest BCUT2D eigenvalue weighted by Gasteiger charge is -2.27. The van der Waals surface area contributed by atoms with Crippen molar-refractivity contribution in [3.63, 3.8) is 0 Å². The van der Waals surface area contributed by atoms with Crippen LogP contribution in [-0.4, -0.2) is 163 Å². The van der Waals surface area contributed by atoms with Crippen LogP contribution in [0.15, 0.2) is 109 Å². The zero-order valence-electron chi connectivity index (χ0n) is 55.7. The van der Waals surface area contributed by atoms with Crippen LogP contribution in [-0.2, 0) is 47.9 Å². The minimum Gasteiger partial charge on any atom is -0.504 e. The number of hydrogen-bond donors (Lipinski definition) is 7. The number of thiophene rings is 1. The molecule has 8 aromatic rings. The summed E-state index contributed by atoms with van der Waals surface area (Å²) >= 11 is 1.59. The summed E-state index contributed by atoms with van der Waals surface area (Å²) in [6.07, 6.45) is 4.26. The second-order valence-corrected chi connectivity index (χ2v) is 26.6. The number of phenolic OH excluding ortho intramolecular Hbond substituents is 1. The first-order chi connectivity index (χ1) is 45.2. The molecular weight excluding hydrogens is 1240 g/mol. The molecule has 0 fully saturated rings. The third kappa shape index (κ3) is 22.4. The highest BCUT2D eigenvalue weighted by molar-refractivity contribution is 7.14. The van der Waals surface area contributed by atoms with E-state index in [1.807, 2.05) is 97.5 Å². The molecule has 9 rings (SSSR count). The molecule has 0 aliphatic carbocycles. The highest BCUT2D eigenvalue weighted by Crippen LogP contribution is 2.34. The Balaban J connectivity index is 0.000000206. The largest absolute Gasteiger partial charge is 0.504 e. The second kappa shape index (κ2) is 34.5. The smallest absolute Gasteiger partial charge is 0.255 e. The average Bonchev–Trinajstić information content (AvgIpc) is 1.69.